The van der Waals surface area contributed by atoms with Crippen LogP contribution in [0.25, 0.3) is 11.0 Å². The van der Waals surface area contributed by atoms with Gasteiger partial charge in [0.05, 0.1) is 24.1 Å². The van der Waals surface area contributed by atoms with Gasteiger partial charge >= 0.3 is 18.0 Å². The fraction of sp³-hybridized carbons (Fsp3) is 0.241. The molecule has 0 spiro atoms. The predicted octanol–water partition coefficient (Wildman–Crippen LogP) is 3.71. The highest BCUT2D eigenvalue weighted by Gasteiger charge is 2.15. The van der Waals surface area contributed by atoms with Crippen molar-refractivity contribution in [3.8, 4) is 5.75 Å². The fourth-order valence-corrected chi connectivity index (χ4v) is 4.57. The number of aryl methyl sites for hydroxylation is 1. The minimum Gasteiger partial charge on any atom is -0.435 e. The molecule has 5 rings (SSSR count). The smallest absolute Gasteiger partial charge is 0.387 e. The van der Waals surface area contributed by atoms with E-state index in [-0.39, 0.29) is 24.8 Å². The Labute approximate surface area is 233 Å². The van der Waals surface area contributed by atoms with Gasteiger partial charge in [0.25, 0.3) is 0 Å². The molecule has 0 aliphatic heterocycles. The highest BCUT2D eigenvalue weighted by molar-refractivity contribution is 5.78. The molecule has 10 nitrogen and oxygen atoms in total. The molecular formula is C29H29F2N7O3. The zero-order valence-corrected chi connectivity index (χ0v) is 22.3. The predicted molar refractivity (Wildman–Crippen MR) is 152 cm³/mol. The van der Waals surface area contributed by atoms with E-state index in [9.17, 15) is 18.4 Å². The second-order valence-electron chi connectivity index (χ2n) is 9.40. The Balaban J connectivity index is 1.45. The molecule has 0 saturated carbocycles. The number of rotatable bonds is 11. The summed E-state index contributed by atoms with van der Waals surface area (Å²) < 4.78 is 33.8. The second-order valence-corrected chi connectivity index (χ2v) is 9.40. The molecule has 212 valence electrons. The summed E-state index contributed by atoms with van der Waals surface area (Å²) in [5.41, 5.74) is 9.02. The first kappa shape index (κ1) is 27.6. The van der Waals surface area contributed by atoms with Crippen LogP contribution in [0.3, 0.4) is 0 Å². The van der Waals surface area contributed by atoms with Crippen LogP contribution >= 0.6 is 0 Å². The summed E-state index contributed by atoms with van der Waals surface area (Å²) in [5, 5.41) is 3.10. The zero-order chi connectivity index (χ0) is 28.9. The van der Waals surface area contributed by atoms with E-state index in [1.165, 1.54) is 16.7 Å². The maximum absolute atomic E-state index is 13.7. The van der Waals surface area contributed by atoms with Crippen molar-refractivity contribution in [3.05, 3.63) is 110 Å². The molecule has 12 heteroatoms. The van der Waals surface area contributed by atoms with Crippen LogP contribution in [0.2, 0.25) is 0 Å². The lowest BCUT2D eigenvalue weighted by atomic mass is 10.1. The molecule has 3 aromatic carbocycles. The third-order valence-corrected chi connectivity index (χ3v) is 6.71. The molecule has 3 N–H and O–H groups in total. The average molecular weight is 562 g/mol. The summed E-state index contributed by atoms with van der Waals surface area (Å²) in [4.78, 5) is 35.3. The molecular weight excluding hydrogens is 532 g/mol. The van der Waals surface area contributed by atoms with Gasteiger partial charge < -0.3 is 20.4 Å². The molecule has 0 aliphatic rings. The van der Waals surface area contributed by atoms with E-state index in [4.69, 9.17) is 5.73 Å². The molecule has 41 heavy (non-hydrogen) atoms. The second kappa shape index (κ2) is 12.0. The molecule has 0 amide bonds. The Hall–Kier alpha value is -5.00. The quantitative estimate of drug-likeness (QED) is 0.252. The number of nitrogens with zero attached hydrogens (tertiary/aromatic N) is 5. The van der Waals surface area contributed by atoms with Gasteiger partial charge in [-0.15, -0.1) is 0 Å². The summed E-state index contributed by atoms with van der Waals surface area (Å²) in [6.07, 6.45) is 0.872. The van der Waals surface area contributed by atoms with Gasteiger partial charge in [-0.25, -0.2) is 19.1 Å². The van der Waals surface area contributed by atoms with Gasteiger partial charge in [-0.1, -0.05) is 55.5 Å². The van der Waals surface area contributed by atoms with Gasteiger partial charge in [-0.05, 0) is 47.4 Å². The van der Waals surface area contributed by atoms with E-state index in [1.807, 2.05) is 60.0 Å². The lowest BCUT2D eigenvalue weighted by molar-refractivity contribution is -0.0498. The highest BCUT2D eigenvalue weighted by atomic mass is 19.3. The Morgan fingerprint density at radius 3 is 2.17 bits per heavy atom. The van der Waals surface area contributed by atoms with Crippen LogP contribution in [0.5, 0.6) is 5.75 Å². The maximum Gasteiger partial charge on any atom is 0.387 e. The Kier molecular flexibility index (Phi) is 8.09. The molecule has 0 saturated heterocycles. The monoisotopic (exact) mass is 561 g/mol. The number of nitrogen functional groups attached to an aromatic ring is 1. The van der Waals surface area contributed by atoms with Crippen molar-refractivity contribution in [1.29, 1.82) is 0 Å². The molecule has 0 unspecified atom stereocenters. The Morgan fingerprint density at radius 2 is 1.49 bits per heavy atom. The van der Waals surface area contributed by atoms with Crippen molar-refractivity contribution in [2.75, 3.05) is 17.6 Å². The van der Waals surface area contributed by atoms with Crippen LogP contribution in [0.1, 0.15) is 23.6 Å². The lowest BCUT2D eigenvalue weighted by Gasteiger charge is -2.16. The van der Waals surface area contributed by atoms with E-state index in [1.54, 1.807) is 12.1 Å². The van der Waals surface area contributed by atoms with E-state index >= 15 is 0 Å². The number of nitrogens with two attached hydrogens (primary N) is 1. The number of hydrogen-bond donors (Lipinski definition) is 2. The third kappa shape index (κ3) is 6.26. The largest absolute Gasteiger partial charge is 0.435 e. The number of fused-ring (bicyclic) bond motifs is 1. The standard InChI is InChI=1S/C29H29F2N7O3/c1-2-19-7-9-20(10-8-19)18-38-28(39)35-27(33-15-16-36-24-6-4-3-5-23(24)34-26(36)32)37(29(38)40)17-21-11-13-22(14-12-21)41-25(30)31/h3-14,25H,2,15-18H2,1H3,(H2,32,34)(H,33,35,39). The van der Waals surface area contributed by atoms with Gasteiger partial charge in [0, 0.05) is 13.1 Å². The van der Waals surface area contributed by atoms with Crippen LogP contribution in [0.4, 0.5) is 20.7 Å². The molecule has 0 radical (unpaired) electrons. The van der Waals surface area contributed by atoms with E-state index < -0.39 is 18.0 Å². The van der Waals surface area contributed by atoms with Gasteiger partial charge in [0.2, 0.25) is 11.9 Å². The van der Waals surface area contributed by atoms with Gasteiger partial charge in [0.15, 0.2) is 0 Å². The zero-order valence-electron chi connectivity index (χ0n) is 22.3. The summed E-state index contributed by atoms with van der Waals surface area (Å²) in [5.74, 6) is 0.417. The number of para-hydroxylation sites is 2. The molecule has 5 aromatic rings. The van der Waals surface area contributed by atoms with Crippen molar-refractivity contribution in [3.63, 3.8) is 0 Å². The van der Waals surface area contributed by atoms with Crippen LogP contribution in [-0.4, -0.2) is 36.8 Å². The fourth-order valence-electron chi connectivity index (χ4n) is 4.57. The van der Waals surface area contributed by atoms with Crippen LogP contribution < -0.4 is 27.2 Å². The van der Waals surface area contributed by atoms with E-state index in [2.05, 4.69) is 20.0 Å². The number of aromatic nitrogens is 5. The van der Waals surface area contributed by atoms with Crippen molar-refractivity contribution in [1.82, 2.24) is 23.7 Å². The van der Waals surface area contributed by atoms with E-state index in [0.717, 1.165) is 33.1 Å². The highest BCUT2D eigenvalue weighted by Crippen LogP contribution is 2.18. The average Bonchev–Trinajstić information content (AvgIpc) is 3.28. The molecule has 0 aliphatic carbocycles. The number of anilines is 2. The van der Waals surface area contributed by atoms with E-state index in [0.29, 0.717) is 24.6 Å². The van der Waals surface area contributed by atoms with Crippen LogP contribution in [0, 0.1) is 0 Å². The lowest BCUT2D eigenvalue weighted by Crippen LogP contribution is -2.43. The third-order valence-electron chi connectivity index (χ3n) is 6.71. The maximum atomic E-state index is 13.7. The number of ether oxygens (including phenoxy) is 1. The minimum atomic E-state index is -2.94. The molecule has 0 atom stereocenters. The first-order valence-electron chi connectivity index (χ1n) is 13.1. The van der Waals surface area contributed by atoms with Gasteiger partial charge in [-0.3, -0.25) is 4.57 Å². The minimum absolute atomic E-state index is 0.00165. The Morgan fingerprint density at radius 1 is 0.854 bits per heavy atom. The van der Waals surface area contributed by atoms with Gasteiger partial charge in [-0.2, -0.15) is 13.8 Å². The van der Waals surface area contributed by atoms with Crippen molar-refractivity contribution in [2.24, 2.45) is 0 Å². The Bertz CT molecular complexity index is 1760. The summed E-state index contributed by atoms with van der Waals surface area (Å²) in [7, 11) is 0. The number of hydrogen-bond acceptors (Lipinski definition) is 7. The summed E-state index contributed by atoms with van der Waals surface area (Å²) >= 11 is 0. The van der Waals surface area contributed by atoms with Crippen LogP contribution in [0.15, 0.2) is 82.4 Å². The van der Waals surface area contributed by atoms with Gasteiger partial charge in [0.1, 0.15) is 5.75 Å². The normalized spacial score (nSPS) is 11.3. The molecule has 2 aromatic heterocycles. The van der Waals surface area contributed by atoms with Crippen molar-refractivity contribution < 1.29 is 13.5 Å². The molecule has 0 bridgehead atoms. The number of nitrogens with one attached hydrogen (secondary N) is 1. The van der Waals surface area contributed by atoms with Crippen molar-refractivity contribution >= 4 is 22.9 Å². The topological polar surface area (TPSA) is 122 Å². The van der Waals surface area contributed by atoms with Crippen molar-refractivity contribution in [2.45, 2.75) is 39.6 Å². The number of halogens is 2. The first-order chi connectivity index (χ1) is 19.8. The first-order valence-corrected chi connectivity index (χ1v) is 13.1. The number of benzene rings is 3. The number of imidazole rings is 1. The van der Waals surface area contributed by atoms with Crippen LogP contribution in [-0.2, 0) is 26.1 Å². The molecule has 0 fully saturated rings. The summed E-state index contributed by atoms with van der Waals surface area (Å²) in [6.45, 7) is -0.125. The SMILES string of the molecule is CCc1ccc(Cn2c(=O)nc(NCCn3c(N)nc4ccccc43)n(Cc3ccc(OC(F)F)cc3)c2=O)cc1. The number of alkyl halides is 2. The molecule has 2 heterocycles. The summed E-state index contributed by atoms with van der Waals surface area (Å²) in [6, 6.07) is 21.1.